The number of benzene rings is 1. The normalized spacial score (nSPS) is 20.8. The van der Waals surface area contributed by atoms with Crippen molar-refractivity contribution in [3.05, 3.63) is 29.8 Å². The summed E-state index contributed by atoms with van der Waals surface area (Å²) in [5.41, 5.74) is 1.56. The minimum Gasteiger partial charge on any atom is -0.314 e. The molecule has 2 atom stereocenters. The zero-order chi connectivity index (χ0) is 11.4. The molecule has 1 aliphatic rings. The summed E-state index contributed by atoms with van der Waals surface area (Å²) in [6.07, 6.45) is 2.55. The maximum Gasteiger partial charge on any atom is 0.0144 e. The second-order valence-corrected chi connectivity index (χ2v) is 5.47. The highest BCUT2D eigenvalue weighted by Crippen LogP contribution is 2.41. The minimum atomic E-state index is 0.658. The number of fused-ring (bicyclic) bond motifs is 1. The van der Waals surface area contributed by atoms with Gasteiger partial charge >= 0.3 is 0 Å². The molecular formula is C14H21NS. The van der Waals surface area contributed by atoms with Gasteiger partial charge in [-0.1, -0.05) is 38.5 Å². The van der Waals surface area contributed by atoms with Gasteiger partial charge in [-0.3, -0.25) is 0 Å². The van der Waals surface area contributed by atoms with Crippen molar-refractivity contribution in [1.29, 1.82) is 0 Å². The SMILES string of the molecule is CCCC(NCC)C1CSc2ccccc21. The second kappa shape index (κ2) is 5.74. The molecule has 0 spiro atoms. The Hall–Kier alpha value is -0.470. The fourth-order valence-corrected chi connectivity index (χ4v) is 3.87. The van der Waals surface area contributed by atoms with Gasteiger partial charge in [0.2, 0.25) is 0 Å². The lowest BCUT2D eigenvalue weighted by atomic mass is 9.90. The topological polar surface area (TPSA) is 12.0 Å². The van der Waals surface area contributed by atoms with Crippen LogP contribution in [0.2, 0.25) is 0 Å². The van der Waals surface area contributed by atoms with E-state index < -0.39 is 0 Å². The van der Waals surface area contributed by atoms with Crippen molar-refractivity contribution in [2.24, 2.45) is 0 Å². The van der Waals surface area contributed by atoms with Crippen LogP contribution in [0.5, 0.6) is 0 Å². The number of rotatable bonds is 5. The first-order valence-corrected chi connectivity index (χ1v) is 7.30. The molecule has 0 radical (unpaired) electrons. The Labute approximate surface area is 103 Å². The van der Waals surface area contributed by atoms with E-state index in [1.807, 2.05) is 11.8 Å². The lowest BCUT2D eigenvalue weighted by Crippen LogP contribution is -2.34. The largest absolute Gasteiger partial charge is 0.314 e. The lowest BCUT2D eigenvalue weighted by molar-refractivity contribution is 0.434. The molecule has 0 amide bonds. The van der Waals surface area contributed by atoms with E-state index in [1.54, 1.807) is 5.56 Å². The zero-order valence-corrected chi connectivity index (χ0v) is 11.0. The van der Waals surface area contributed by atoms with Crippen LogP contribution in [0.15, 0.2) is 29.2 Å². The molecule has 0 saturated carbocycles. The van der Waals surface area contributed by atoms with Crippen molar-refractivity contribution >= 4 is 11.8 Å². The molecule has 1 aromatic carbocycles. The van der Waals surface area contributed by atoms with E-state index >= 15 is 0 Å². The van der Waals surface area contributed by atoms with Gasteiger partial charge in [0.05, 0.1) is 0 Å². The van der Waals surface area contributed by atoms with Gasteiger partial charge in [-0.2, -0.15) is 0 Å². The van der Waals surface area contributed by atoms with Crippen LogP contribution in [0.1, 0.15) is 38.2 Å². The molecule has 2 heteroatoms. The Bertz CT molecular complexity index is 331. The highest BCUT2D eigenvalue weighted by atomic mass is 32.2. The van der Waals surface area contributed by atoms with E-state index in [4.69, 9.17) is 0 Å². The van der Waals surface area contributed by atoms with Crippen LogP contribution < -0.4 is 5.32 Å². The van der Waals surface area contributed by atoms with Crippen molar-refractivity contribution in [1.82, 2.24) is 5.32 Å². The van der Waals surface area contributed by atoms with E-state index in [0.29, 0.717) is 12.0 Å². The highest BCUT2D eigenvalue weighted by molar-refractivity contribution is 7.99. The Morgan fingerprint density at radius 1 is 1.38 bits per heavy atom. The molecule has 0 saturated heterocycles. The number of nitrogens with one attached hydrogen (secondary N) is 1. The Morgan fingerprint density at radius 2 is 2.19 bits per heavy atom. The molecule has 1 aromatic rings. The first-order valence-electron chi connectivity index (χ1n) is 6.32. The summed E-state index contributed by atoms with van der Waals surface area (Å²) in [6, 6.07) is 9.55. The van der Waals surface area contributed by atoms with Crippen LogP contribution in [0.4, 0.5) is 0 Å². The summed E-state index contributed by atoms with van der Waals surface area (Å²) in [4.78, 5) is 1.49. The Kier molecular flexibility index (Phi) is 4.30. The molecule has 16 heavy (non-hydrogen) atoms. The van der Waals surface area contributed by atoms with Gasteiger partial charge < -0.3 is 5.32 Å². The summed E-state index contributed by atoms with van der Waals surface area (Å²) in [5, 5.41) is 3.65. The van der Waals surface area contributed by atoms with Gasteiger partial charge in [0.15, 0.2) is 0 Å². The summed E-state index contributed by atoms with van der Waals surface area (Å²) < 4.78 is 0. The maximum atomic E-state index is 3.65. The van der Waals surface area contributed by atoms with Gasteiger partial charge in [0.1, 0.15) is 0 Å². The first-order chi connectivity index (χ1) is 7.86. The molecule has 1 aliphatic heterocycles. The molecule has 1 N–H and O–H groups in total. The summed E-state index contributed by atoms with van der Waals surface area (Å²) >= 11 is 2.02. The molecule has 2 unspecified atom stereocenters. The summed E-state index contributed by atoms with van der Waals surface area (Å²) in [7, 11) is 0. The highest BCUT2D eigenvalue weighted by Gasteiger charge is 2.28. The number of hydrogen-bond donors (Lipinski definition) is 1. The summed E-state index contributed by atoms with van der Waals surface area (Å²) in [6.45, 7) is 5.56. The molecule has 1 heterocycles. The Morgan fingerprint density at radius 3 is 2.94 bits per heavy atom. The van der Waals surface area contributed by atoms with Gasteiger partial charge in [-0.25, -0.2) is 0 Å². The third-order valence-corrected chi connectivity index (χ3v) is 4.50. The van der Waals surface area contributed by atoms with E-state index in [2.05, 4.69) is 43.4 Å². The van der Waals surface area contributed by atoms with E-state index in [1.165, 1.54) is 23.5 Å². The van der Waals surface area contributed by atoms with Gasteiger partial charge in [-0.15, -0.1) is 11.8 Å². The second-order valence-electron chi connectivity index (χ2n) is 4.41. The van der Waals surface area contributed by atoms with Crippen LogP contribution in [0, 0.1) is 0 Å². The van der Waals surface area contributed by atoms with Crippen LogP contribution in [-0.4, -0.2) is 18.3 Å². The monoisotopic (exact) mass is 235 g/mol. The van der Waals surface area contributed by atoms with Gasteiger partial charge in [0, 0.05) is 22.6 Å². The van der Waals surface area contributed by atoms with Crippen molar-refractivity contribution < 1.29 is 0 Å². The molecule has 2 rings (SSSR count). The molecule has 88 valence electrons. The van der Waals surface area contributed by atoms with Crippen molar-refractivity contribution in [2.75, 3.05) is 12.3 Å². The Balaban J connectivity index is 2.15. The fourth-order valence-electron chi connectivity index (χ4n) is 2.54. The van der Waals surface area contributed by atoms with Crippen molar-refractivity contribution in [2.45, 2.75) is 43.5 Å². The van der Waals surface area contributed by atoms with Gasteiger partial charge in [0.25, 0.3) is 0 Å². The maximum absolute atomic E-state index is 3.65. The fraction of sp³-hybridized carbons (Fsp3) is 0.571. The van der Waals surface area contributed by atoms with E-state index in [-0.39, 0.29) is 0 Å². The molecule has 0 aromatic heterocycles. The first kappa shape index (κ1) is 12.0. The third kappa shape index (κ3) is 2.44. The molecular weight excluding hydrogens is 214 g/mol. The van der Waals surface area contributed by atoms with Crippen LogP contribution in [-0.2, 0) is 0 Å². The average molecular weight is 235 g/mol. The minimum absolute atomic E-state index is 0.658. The van der Waals surface area contributed by atoms with E-state index in [0.717, 1.165) is 6.54 Å². The van der Waals surface area contributed by atoms with Crippen LogP contribution >= 0.6 is 11.8 Å². The smallest absolute Gasteiger partial charge is 0.0144 e. The molecule has 0 aliphatic carbocycles. The van der Waals surface area contributed by atoms with E-state index in [9.17, 15) is 0 Å². The summed E-state index contributed by atoms with van der Waals surface area (Å²) in [5.74, 6) is 1.96. The lowest BCUT2D eigenvalue weighted by Gasteiger charge is -2.24. The van der Waals surface area contributed by atoms with Crippen molar-refractivity contribution in [3.8, 4) is 0 Å². The third-order valence-electron chi connectivity index (χ3n) is 3.29. The van der Waals surface area contributed by atoms with Crippen LogP contribution in [0.25, 0.3) is 0 Å². The zero-order valence-electron chi connectivity index (χ0n) is 10.2. The van der Waals surface area contributed by atoms with Gasteiger partial charge in [-0.05, 0) is 24.6 Å². The number of hydrogen-bond acceptors (Lipinski definition) is 2. The van der Waals surface area contributed by atoms with Crippen LogP contribution in [0.3, 0.4) is 0 Å². The average Bonchev–Trinajstić information content (AvgIpc) is 2.72. The predicted molar refractivity (Wildman–Crippen MR) is 72.3 cm³/mol. The number of thioether (sulfide) groups is 1. The molecule has 0 bridgehead atoms. The number of likely N-dealkylation sites (N-methyl/N-ethyl adjacent to an activating group) is 1. The van der Waals surface area contributed by atoms with Crippen molar-refractivity contribution in [3.63, 3.8) is 0 Å². The standard InChI is InChI=1S/C14H21NS/c1-3-7-13(15-4-2)12-10-16-14-9-6-5-8-11(12)14/h5-6,8-9,12-13,15H,3-4,7,10H2,1-2H3. The molecule has 1 nitrogen and oxygen atoms in total. The molecule has 0 fully saturated rings. The quantitative estimate of drug-likeness (QED) is 0.836. The predicted octanol–water partition coefficient (Wildman–Crippen LogP) is 3.65.